The van der Waals surface area contributed by atoms with Crippen LogP contribution in [0, 0.1) is 6.92 Å². The fourth-order valence-electron chi connectivity index (χ4n) is 4.00. The van der Waals surface area contributed by atoms with Crippen molar-refractivity contribution in [2.45, 2.75) is 13.0 Å². The van der Waals surface area contributed by atoms with Crippen molar-refractivity contribution in [3.8, 4) is 0 Å². The maximum Gasteiger partial charge on any atom is 0.279 e. The van der Waals surface area contributed by atoms with Crippen LogP contribution in [0.25, 0.3) is 6.08 Å². The van der Waals surface area contributed by atoms with E-state index in [2.05, 4.69) is 99.5 Å². The molecule has 0 radical (unpaired) electrons. The number of aliphatic imine (C=N–C) groups is 1. The number of carbonyl (C=O) groups is 1. The Kier molecular flexibility index (Phi) is 6.98. The van der Waals surface area contributed by atoms with Crippen LogP contribution in [0.15, 0.2) is 124 Å². The fraction of sp³-hybridized carbons (Fsp3) is 0.0667. The van der Waals surface area contributed by atoms with Crippen molar-refractivity contribution in [3.05, 3.63) is 141 Å². The van der Waals surface area contributed by atoms with Crippen LogP contribution in [-0.2, 0) is 0 Å². The Morgan fingerprint density at radius 1 is 0.857 bits per heavy atom. The lowest BCUT2D eigenvalue weighted by Crippen LogP contribution is -2.28. The maximum absolute atomic E-state index is 13.1. The van der Waals surface area contributed by atoms with Gasteiger partial charge in [0.25, 0.3) is 5.91 Å². The Morgan fingerprint density at radius 2 is 1.49 bits per heavy atom. The zero-order chi connectivity index (χ0) is 24.2. The summed E-state index contributed by atoms with van der Waals surface area (Å²) in [7, 11) is 0. The molecule has 0 saturated carbocycles. The molecule has 0 unspecified atom stereocenters. The van der Waals surface area contributed by atoms with Crippen LogP contribution >= 0.6 is 27.7 Å². The summed E-state index contributed by atoms with van der Waals surface area (Å²) in [6.45, 7) is 2.07. The second kappa shape index (κ2) is 10.5. The van der Waals surface area contributed by atoms with Gasteiger partial charge in [-0.25, -0.2) is 0 Å². The zero-order valence-electron chi connectivity index (χ0n) is 19.1. The third-order valence-electron chi connectivity index (χ3n) is 5.77. The number of hydrogen-bond acceptors (Lipinski definition) is 2. The molecule has 4 aromatic carbocycles. The molecule has 172 valence electrons. The Hall–Kier alpha value is -3.41. The fourth-order valence-corrected chi connectivity index (χ4v) is 5.46. The molecule has 1 saturated heterocycles. The average molecular weight is 539 g/mol. The molecule has 0 bridgehead atoms. The summed E-state index contributed by atoms with van der Waals surface area (Å²) in [5.41, 5.74) is 4.98. The second-order valence-electron chi connectivity index (χ2n) is 8.28. The van der Waals surface area contributed by atoms with Crippen molar-refractivity contribution in [1.29, 1.82) is 0 Å². The molecule has 1 fully saturated rings. The number of carbonyl (C=O) groups excluding carboxylic acids is 1. The summed E-state index contributed by atoms with van der Waals surface area (Å²) < 4.78 is 1.02. The van der Waals surface area contributed by atoms with Gasteiger partial charge in [-0.15, -0.1) is 0 Å². The molecule has 0 aromatic heterocycles. The number of amidine groups is 1. The van der Waals surface area contributed by atoms with Gasteiger partial charge in [-0.1, -0.05) is 106 Å². The first-order valence-electron chi connectivity index (χ1n) is 11.3. The van der Waals surface area contributed by atoms with E-state index < -0.39 is 0 Å². The van der Waals surface area contributed by atoms with Gasteiger partial charge in [-0.3, -0.25) is 4.79 Å². The lowest BCUT2D eigenvalue weighted by molar-refractivity contribution is 0.100. The third kappa shape index (κ3) is 5.31. The molecule has 3 nitrogen and oxygen atoms in total. The van der Waals surface area contributed by atoms with Gasteiger partial charge in [0.15, 0.2) is 5.17 Å². The number of nitrogens with zero attached hydrogens (tertiary/aromatic N) is 2. The van der Waals surface area contributed by atoms with E-state index in [1.165, 1.54) is 5.56 Å². The molecule has 1 heterocycles. The molecule has 0 N–H and O–H groups in total. The average Bonchev–Trinajstić information content (AvgIpc) is 3.23. The van der Waals surface area contributed by atoms with E-state index in [4.69, 9.17) is 0 Å². The van der Waals surface area contributed by atoms with E-state index >= 15 is 0 Å². The summed E-state index contributed by atoms with van der Waals surface area (Å²) >= 11 is 5.11. The largest absolute Gasteiger partial charge is 0.308 e. The molecule has 1 aliphatic heterocycles. The minimum Gasteiger partial charge on any atom is -0.308 e. The predicted octanol–water partition coefficient (Wildman–Crippen LogP) is 8.29. The van der Waals surface area contributed by atoms with Crippen LogP contribution in [0.5, 0.6) is 0 Å². The predicted molar refractivity (Wildman–Crippen MR) is 151 cm³/mol. The van der Waals surface area contributed by atoms with Crippen molar-refractivity contribution in [1.82, 2.24) is 0 Å². The summed E-state index contributed by atoms with van der Waals surface area (Å²) in [6, 6.07) is 36.1. The van der Waals surface area contributed by atoms with E-state index in [1.807, 2.05) is 36.4 Å². The number of halogens is 1. The summed E-state index contributed by atoms with van der Waals surface area (Å²) in [6.07, 6.45) is 2.19. The Labute approximate surface area is 218 Å². The van der Waals surface area contributed by atoms with Crippen LogP contribution in [0.4, 0.5) is 5.69 Å². The Morgan fingerprint density at radius 3 is 2.14 bits per heavy atom. The summed E-state index contributed by atoms with van der Waals surface area (Å²) in [5.74, 6) is -0.249. The SMILES string of the molecule is Cc1ccc(N2C(=NC(=O)c3ccccc3)S/C(=C\c3ccccc3)[C@@H]2c2ccc(Br)cc2)cc1. The summed E-state index contributed by atoms with van der Waals surface area (Å²) in [5, 5.41) is 0.665. The molecule has 0 spiro atoms. The van der Waals surface area contributed by atoms with Crippen molar-refractivity contribution in [2.75, 3.05) is 4.90 Å². The number of rotatable bonds is 4. The third-order valence-corrected chi connectivity index (χ3v) is 7.34. The number of benzene rings is 4. The molecular formula is C30H23BrN2OS. The number of aryl methyl sites for hydroxylation is 1. The standard InChI is InChI=1S/C30H23BrN2OS/c1-21-12-18-26(19-13-21)33-28(23-14-16-25(31)17-15-23)27(20-22-8-4-2-5-9-22)35-30(33)32-29(34)24-10-6-3-7-11-24/h2-20,28H,1H3/b27-20-,32-30?/t28-/m0/s1. The van der Waals surface area contributed by atoms with Gasteiger partial charge < -0.3 is 4.90 Å². The van der Waals surface area contributed by atoms with Crippen molar-refractivity contribution in [2.24, 2.45) is 4.99 Å². The van der Waals surface area contributed by atoms with E-state index in [0.717, 1.165) is 26.2 Å². The highest BCUT2D eigenvalue weighted by atomic mass is 79.9. The van der Waals surface area contributed by atoms with E-state index in [1.54, 1.807) is 23.9 Å². The topological polar surface area (TPSA) is 32.7 Å². The number of amides is 1. The van der Waals surface area contributed by atoms with Gasteiger partial charge in [-0.05, 0) is 60.5 Å². The quantitative estimate of drug-likeness (QED) is 0.262. The molecule has 4 aromatic rings. The monoisotopic (exact) mass is 538 g/mol. The lowest BCUT2D eigenvalue weighted by Gasteiger charge is -2.27. The Bertz CT molecular complexity index is 1380. The number of anilines is 1. The molecule has 5 heteroatoms. The van der Waals surface area contributed by atoms with Gasteiger partial charge in [0, 0.05) is 20.6 Å². The van der Waals surface area contributed by atoms with Crippen LogP contribution in [0.2, 0.25) is 0 Å². The molecule has 35 heavy (non-hydrogen) atoms. The van der Waals surface area contributed by atoms with Gasteiger partial charge in [0.2, 0.25) is 0 Å². The molecule has 1 aliphatic rings. The highest BCUT2D eigenvalue weighted by molar-refractivity contribution is 9.10. The smallest absolute Gasteiger partial charge is 0.279 e. The highest BCUT2D eigenvalue weighted by Gasteiger charge is 2.37. The number of hydrogen-bond donors (Lipinski definition) is 0. The van der Waals surface area contributed by atoms with Gasteiger partial charge in [-0.2, -0.15) is 4.99 Å². The van der Waals surface area contributed by atoms with E-state index in [0.29, 0.717) is 10.7 Å². The maximum atomic E-state index is 13.1. The van der Waals surface area contributed by atoms with Crippen LogP contribution < -0.4 is 4.90 Å². The molecule has 1 atom stereocenters. The van der Waals surface area contributed by atoms with E-state index in [-0.39, 0.29) is 11.9 Å². The van der Waals surface area contributed by atoms with Crippen molar-refractivity contribution < 1.29 is 4.79 Å². The minimum absolute atomic E-state index is 0.113. The molecular weight excluding hydrogens is 516 g/mol. The first-order valence-corrected chi connectivity index (χ1v) is 12.9. The van der Waals surface area contributed by atoms with Crippen molar-refractivity contribution >= 4 is 50.5 Å². The molecule has 0 aliphatic carbocycles. The van der Waals surface area contributed by atoms with Crippen LogP contribution in [-0.4, -0.2) is 11.1 Å². The zero-order valence-corrected chi connectivity index (χ0v) is 21.5. The first kappa shape index (κ1) is 23.3. The normalized spacial score (nSPS) is 17.8. The number of thioether (sulfide) groups is 1. The highest BCUT2D eigenvalue weighted by Crippen LogP contribution is 2.48. The van der Waals surface area contributed by atoms with Crippen molar-refractivity contribution in [3.63, 3.8) is 0 Å². The van der Waals surface area contributed by atoms with Gasteiger partial charge in [0.05, 0.1) is 6.04 Å². The van der Waals surface area contributed by atoms with Gasteiger partial charge >= 0.3 is 0 Å². The molecule has 5 rings (SSSR count). The minimum atomic E-state index is -0.249. The Balaban J connectivity index is 1.67. The second-order valence-corrected chi connectivity index (χ2v) is 10.2. The van der Waals surface area contributed by atoms with Gasteiger partial charge in [0.1, 0.15) is 0 Å². The van der Waals surface area contributed by atoms with E-state index in [9.17, 15) is 4.79 Å². The summed E-state index contributed by atoms with van der Waals surface area (Å²) in [4.78, 5) is 21.0. The van der Waals surface area contributed by atoms with Crippen LogP contribution in [0.1, 0.15) is 33.1 Å². The molecule has 1 amide bonds. The lowest BCUT2D eigenvalue weighted by atomic mass is 10.0. The first-order chi connectivity index (χ1) is 17.1. The van der Waals surface area contributed by atoms with Crippen LogP contribution in [0.3, 0.4) is 0 Å².